The van der Waals surface area contributed by atoms with Crippen LogP contribution in [0, 0.1) is 5.92 Å². The lowest BCUT2D eigenvalue weighted by Crippen LogP contribution is -2.54. The molecule has 6 nitrogen and oxygen atoms in total. The Morgan fingerprint density at radius 3 is 2.90 bits per heavy atom. The van der Waals surface area contributed by atoms with Crippen LogP contribution in [0.2, 0.25) is 0 Å². The standard InChI is InChI=1S/C13H16BrN3O3S/c14-10-5-11(7-15-6-10)21(19,20)17-4-3-12-9(8-17)1-2-13(18)16-12/h5-7,9,12H,1-4,8H2,(H,16,18). The van der Waals surface area contributed by atoms with Crippen LogP contribution in [0.4, 0.5) is 0 Å². The Hall–Kier alpha value is -0.990. The molecule has 0 aromatic carbocycles. The summed E-state index contributed by atoms with van der Waals surface area (Å²) in [4.78, 5) is 15.5. The molecule has 2 saturated heterocycles. The largest absolute Gasteiger partial charge is 0.353 e. The minimum Gasteiger partial charge on any atom is -0.353 e. The van der Waals surface area contributed by atoms with E-state index in [9.17, 15) is 13.2 Å². The van der Waals surface area contributed by atoms with Crippen molar-refractivity contribution in [3.05, 3.63) is 22.9 Å². The molecule has 21 heavy (non-hydrogen) atoms. The number of pyridine rings is 1. The second-order valence-electron chi connectivity index (χ2n) is 5.46. The molecule has 2 aliphatic heterocycles. The number of carbonyl (C=O) groups excluding carboxylic acids is 1. The number of fused-ring (bicyclic) bond motifs is 1. The molecule has 1 aromatic heterocycles. The van der Waals surface area contributed by atoms with Crippen molar-refractivity contribution in [1.82, 2.24) is 14.6 Å². The van der Waals surface area contributed by atoms with Crippen LogP contribution in [0.25, 0.3) is 0 Å². The van der Waals surface area contributed by atoms with E-state index in [2.05, 4.69) is 26.2 Å². The predicted octanol–water partition coefficient (Wildman–Crippen LogP) is 1.13. The van der Waals surface area contributed by atoms with Gasteiger partial charge < -0.3 is 5.32 Å². The fourth-order valence-electron chi connectivity index (χ4n) is 2.98. The third-order valence-corrected chi connectivity index (χ3v) is 6.37. The maximum atomic E-state index is 12.7. The Morgan fingerprint density at radius 1 is 1.33 bits per heavy atom. The number of aromatic nitrogens is 1. The van der Waals surface area contributed by atoms with Crippen molar-refractivity contribution < 1.29 is 13.2 Å². The van der Waals surface area contributed by atoms with Crippen molar-refractivity contribution in [1.29, 1.82) is 0 Å². The highest BCUT2D eigenvalue weighted by molar-refractivity contribution is 9.10. The molecular weight excluding hydrogens is 358 g/mol. The summed E-state index contributed by atoms with van der Waals surface area (Å²) in [6.07, 6.45) is 4.82. The average molecular weight is 374 g/mol. The van der Waals surface area contributed by atoms with Gasteiger partial charge in [-0.05, 0) is 40.8 Å². The van der Waals surface area contributed by atoms with E-state index in [0.717, 1.165) is 6.42 Å². The second kappa shape index (κ2) is 5.66. The van der Waals surface area contributed by atoms with Gasteiger partial charge in [-0.25, -0.2) is 8.42 Å². The number of nitrogens with one attached hydrogen (secondary N) is 1. The fraction of sp³-hybridized carbons (Fsp3) is 0.538. The van der Waals surface area contributed by atoms with Gasteiger partial charge >= 0.3 is 0 Å². The number of carbonyl (C=O) groups is 1. The lowest BCUT2D eigenvalue weighted by molar-refractivity contribution is -0.124. The molecule has 1 amide bonds. The SMILES string of the molecule is O=C1CCC2CN(S(=O)(=O)c3cncc(Br)c3)CCC2N1. The van der Waals surface area contributed by atoms with Crippen LogP contribution in [0.1, 0.15) is 19.3 Å². The summed E-state index contributed by atoms with van der Waals surface area (Å²) < 4.78 is 27.5. The van der Waals surface area contributed by atoms with E-state index in [1.807, 2.05) is 0 Å². The van der Waals surface area contributed by atoms with Gasteiger partial charge in [0.15, 0.2) is 0 Å². The summed E-state index contributed by atoms with van der Waals surface area (Å²) in [5, 5.41) is 2.96. The molecule has 2 aliphatic rings. The summed E-state index contributed by atoms with van der Waals surface area (Å²) in [7, 11) is -3.52. The lowest BCUT2D eigenvalue weighted by Gasteiger charge is -2.40. The van der Waals surface area contributed by atoms with Crippen molar-refractivity contribution in [3.8, 4) is 0 Å². The summed E-state index contributed by atoms with van der Waals surface area (Å²) in [5.41, 5.74) is 0. The Balaban J connectivity index is 1.80. The minimum absolute atomic E-state index is 0.0729. The van der Waals surface area contributed by atoms with Gasteiger partial charge in [-0.3, -0.25) is 9.78 Å². The molecule has 1 aromatic rings. The third-order valence-electron chi connectivity index (χ3n) is 4.10. The first-order valence-electron chi connectivity index (χ1n) is 6.87. The second-order valence-corrected chi connectivity index (χ2v) is 8.32. The third kappa shape index (κ3) is 2.97. The number of piperidine rings is 2. The first kappa shape index (κ1) is 14.9. The van der Waals surface area contributed by atoms with Crippen molar-refractivity contribution in [2.75, 3.05) is 13.1 Å². The zero-order chi connectivity index (χ0) is 15.0. The molecule has 0 saturated carbocycles. The van der Waals surface area contributed by atoms with Gasteiger partial charge in [-0.1, -0.05) is 0 Å². The number of nitrogens with zero attached hydrogens (tertiary/aromatic N) is 2. The first-order valence-corrected chi connectivity index (χ1v) is 9.10. The summed E-state index contributed by atoms with van der Waals surface area (Å²) in [6, 6.07) is 1.68. The number of halogens is 1. The molecule has 0 radical (unpaired) electrons. The van der Waals surface area contributed by atoms with Gasteiger partial charge in [-0.2, -0.15) is 4.31 Å². The van der Waals surface area contributed by atoms with Crippen molar-refractivity contribution in [3.63, 3.8) is 0 Å². The van der Waals surface area contributed by atoms with E-state index in [1.54, 1.807) is 12.3 Å². The number of sulfonamides is 1. The summed E-state index contributed by atoms with van der Waals surface area (Å²) in [6.45, 7) is 0.885. The van der Waals surface area contributed by atoms with Gasteiger partial charge in [0.25, 0.3) is 0 Å². The Bertz CT molecular complexity index is 664. The van der Waals surface area contributed by atoms with E-state index in [0.29, 0.717) is 30.4 Å². The number of hydrogen-bond donors (Lipinski definition) is 1. The van der Waals surface area contributed by atoms with Crippen LogP contribution in [-0.4, -0.2) is 42.7 Å². The van der Waals surface area contributed by atoms with Crippen molar-refractivity contribution in [2.24, 2.45) is 5.92 Å². The molecular formula is C13H16BrN3O3S. The Morgan fingerprint density at radius 2 is 2.14 bits per heavy atom. The van der Waals surface area contributed by atoms with E-state index in [4.69, 9.17) is 0 Å². The van der Waals surface area contributed by atoms with Crippen LogP contribution < -0.4 is 5.32 Å². The molecule has 1 N–H and O–H groups in total. The monoisotopic (exact) mass is 373 g/mol. The highest BCUT2D eigenvalue weighted by Gasteiger charge is 2.38. The van der Waals surface area contributed by atoms with E-state index >= 15 is 0 Å². The smallest absolute Gasteiger partial charge is 0.244 e. The highest BCUT2D eigenvalue weighted by Crippen LogP contribution is 2.29. The van der Waals surface area contributed by atoms with E-state index in [-0.39, 0.29) is 22.8 Å². The van der Waals surface area contributed by atoms with Crippen LogP contribution in [0.15, 0.2) is 27.8 Å². The normalized spacial score (nSPS) is 27.0. The number of amides is 1. The molecule has 114 valence electrons. The topological polar surface area (TPSA) is 79.4 Å². The van der Waals surface area contributed by atoms with Crippen molar-refractivity contribution in [2.45, 2.75) is 30.2 Å². The lowest BCUT2D eigenvalue weighted by atomic mass is 9.86. The molecule has 2 fully saturated rings. The summed E-state index contributed by atoms with van der Waals surface area (Å²) >= 11 is 3.25. The quantitative estimate of drug-likeness (QED) is 0.842. The maximum absolute atomic E-state index is 12.7. The number of hydrogen-bond acceptors (Lipinski definition) is 4. The molecule has 3 heterocycles. The minimum atomic E-state index is -3.52. The maximum Gasteiger partial charge on any atom is 0.244 e. The zero-order valence-electron chi connectivity index (χ0n) is 11.3. The average Bonchev–Trinajstić information content (AvgIpc) is 2.46. The fourth-order valence-corrected chi connectivity index (χ4v) is 5.00. The Kier molecular flexibility index (Phi) is 4.02. The van der Waals surface area contributed by atoms with Gasteiger partial charge in [0.05, 0.1) is 0 Å². The van der Waals surface area contributed by atoms with Crippen LogP contribution >= 0.6 is 15.9 Å². The number of rotatable bonds is 2. The van der Waals surface area contributed by atoms with E-state index in [1.165, 1.54) is 10.5 Å². The Labute approximate surface area is 132 Å². The van der Waals surface area contributed by atoms with Gasteiger partial charge in [0, 0.05) is 42.4 Å². The molecule has 0 aliphatic carbocycles. The summed E-state index contributed by atoms with van der Waals surface area (Å²) in [5.74, 6) is 0.273. The predicted molar refractivity (Wildman–Crippen MR) is 80.0 cm³/mol. The molecule has 0 bridgehead atoms. The molecule has 2 atom stereocenters. The first-order chi connectivity index (χ1) is 9.96. The molecule has 8 heteroatoms. The van der Waals surface area contributed by atoms with Gasteiger partial charge in [0.2, 0.25) is 15.9 Å². The van der Waals surface area contributed by atoms with Crippen LogP contribution in [0.5, 0.6) is 0 Å². The molecule has 3 rings (SSSR count). The van der Waals surface area contributed by atoms with Gasteiger partial charge in [-0.15, -0.1) is 0 Å². The van der Waals surface area contributed by atoms with Crippen LogP contribution in [-0.2, 0) is 14.8 Å². The van der Waals surface area contributed by atoms with E-state index < -0.39 is 10.0 Å². The molecule has 2 unspecified atom stereocenters. The molecule has 0 spiro atoms. The van der Waals surface area contributed by atoms with Crippen molar-refractivity contribution >= 4 is 31.9 Å². The van der Waals surface area contributed by atoms with Gasteiger partial charge in [0.1, 0.15) is 4.90 Å². The highest BCUT2D eigenvalue weighted by atomic mass is 79.9. The van der Waals surface area contributed by atoms with Crippen LogP contribution in [0.3, 0.4) is 0 Å². The zero-order valence-corrected chi connectivity index (χ0v) is 13.7.